The topological polar surface area (TPSA) is 35.6 Å². The van der Waals surface area contributed by atoms with E-state index in [9.17, 15) is 0 Å². The Labute approximate surface area is 311 Å². The number of benzene rings is 8. The van der Waals surface area contributed by atoms with Crippen LogP contribution in [0.5, 0.6) is 0 Å². The standard InChI is InChI=1S/C50H32N4/c1-3-13-33(14-4-1)34-23-25-36(26-24-34)50-51-44-20-10-7-19-41(44)49(52-50)35-27-29-38(30-28-35)54-46-22-12-9-18-40(46)43-31-42-39-17-8-11-21-45(39)53(47(42)32-48(43)54)37-15-5-2-6-16-37/h1-32H. The summed E-state index contributed by atoms with van der Waals surface area (Å²) in [5, 5.41) is 6.01. The van der Waals surface area contributed by atoms with Crippen LogP contribution in [0.2, 0.25) is 0 Å². The molecule has 0 N–H and O–H groups in total. The van der Waals surface area contributed by atoms with Crippen LogP contribution in [0, 0.1) is 0 Å². The zero-order chi connectivity index (χ0) is 35.6. The highest BCUT2D eigenvalue weighted by molar-refractivity contribution is 6.19. The van der Waals surface area contributed by atoms with E-state index in [4.69, 9.17) is 9.97 Å². The third-order valence-electron chi connectivity index (χ3n) is 10.7. The normalized spacial score (nSPS) is 11.7. The van der Waals surface area contributed by atoms with Gasteiger partial charge in [-0.3, -0.25) is 0 Å². The largest absolute Gasteiger partial charge is 0.309 e. The number of nitrogens with zero attached hydrogens (tertiary/aromatic N) is 4. The average Bonchev–Trinajstić information content (AvgIpc) is 3.75. The number of hydrogen-bond acceptors (Lipinski definition) is 2. The van der Waals surface area contributed by atoms with Crippen LogP contribution in [0.15, 0.2) is 194 Å². The number of fused-ring (bicyclic) bond motifs is 7. The predicted molar refractivity (Wildman–Crippen MR) is 225 cm³/mol. The molecule has 0 saturated carbocycles. The summed E-state index contributed by atoms with van der Waals surface area (Å²) in [7, 11) is 0. The van der Waals surface area contributed by atoms with Crippen molar-refractivity contribution in [2.45, 2.75) is 0 Å². The Morgan fingerprint density at radius 1 is 0.296 bits per heavy atom. The fourth-order valence-corrected chi connectivity index (χ4v) is 8.20. The van der Waals surface area contributed by atoms with E-state index in [2.05, 4.69) is 191 Å². The SMILES string of the molecule is c1ccc(-c2ccc(-c3nc(-c4ccc(-n5c6ccccc6c6cc7c8ccccc8n(-c8ccccc8)c7cc65)cc4)c4ccccc4n3)cc2)cc1. The van der Waals surface area contributed by atoms with Crippen molar-refractivity contribution in [1.29, 1.82) is 0 Å². The quantitative estimate of drug-likeness (QED) is 0.180. The summed E-state index contributed by atoms with van der Waals surface area (Å²) in [5.41, 5.74) is 13.2. The van der Waals surface area contributed by atoms with Gasteiger partial charge in [-0.1, -0.05) is 140 Å². The van der Waals surface area contributed by atoms with Crippen LogP contribution in [0.4, 0.5) is 0 Å². The molecule has 252 valence electrons. The monoisotopic (exact) mass is 688 g/mol. The van der Waals surface area contributed by atoms with E-state index in [-0.39, 0.29) is 0 Å². The number of aromatic nitrogens is 4. The lowest BCUT2D eigenvalue weighted by Gasteiger charge is -2.12. The molecular weight excluding hydrogens is 657 g/mol. The minimum absolute atomic E-state index is 0.715. The molecule has 0 fully saturated rings. The molecule has 0 amide bonds. The third kappa shape index (κ3) is 4.78. The van der Waals surface area contributed by atoms with E-state index in [0.717, 1.165) is 39.1 Å². The fraction of sp³-hybridized carbons (Fsp3) is 0. The number of para-hydroxylation sites is 4. The molecule has 54 heavy (non-hydrogen) atoms. The Balaban J connectivity index is 1.07. The van der Waals surface area contributed by atoms with E-state index in [0.29, 0.717) is 5.82 Å². The molecule has 0 radical (unpaired) electrons. The highest BCUT2D eigenvalue weighted by atomic mass is 15.0. The molecule has 0 aliphatic carbocycles. The van der Waals surface area contributed by atoms with Gasteiger partial charge in [-0.05, 0) is 65.7 Å². The average molecular weight is 689 g/mol. The molecule has 3 heterocycles. The van der Waals surface area contributed by atoms with Gasteiger partial charge in [-0.15, -0.1) is 0 Å². The van der Waals surface area contributed by atoms with Gasteiger partial charge < -0.3 is 9.13 Å². The van der Waals surface area contributed by atoms with Crippen LogP contribution >= 0.6 is 0 Å². The summed E-state index contributed by atoms with van der Waals surface area (Å²) >= 11 is 0. The fourth-order valence-electron chi connectivity index (χ4n) is 8.20. The van der Waals surface area contributed by atoms with Crippen molar-refractivity contribution in [1.82, 2.24) is 19.1 Å². The van der Waals surface area contributed by atoms with Crippen molar-refractivity contribution in [3.8, 4) is 45.1 Å². The van der Waals surface area contributed by atoms with Crippen LogP contribution in [0.25, 0.3) is 99.7 Å². The van der Waals surface area contributed by atoms with Gasteiger partial charge in [0.1, 0.15) is 0 Å². The van der Waals surface area contributed by atoms with Gasteiger partial charge >= 0.3 is 0 Å². The first kappa shape index (κ1) is 30.3. The van der Waals surface area contributed by atoms with Gasteiger partial charge in [-0.25, -0.2) is 9.97 Å². The van der Waals surface area contributed by atoms with E-state index in [1.807, 2.05) is 12.1 Å². The van der Waals surface area contributed by atoms with Gasteiger partial charge in [0.15, 0.2) is 5.82 Å². The van der Waals surface area contributed by atoms with Gasteiger partial charge in [-0.2, -0.15) is 0 Å². The molecule has 4 heteroatoms. The van der Waals surface area contributed by atoms with Crippen molar-refractivity contribution >= 4 is 54.5 Å². The van der Waals surface area contributed by atoms with Gasteiger partial charge in [0, 0.05) is 49.4 Å². The van der Waals surface area contributed by atoms with Gasteiger partial charge in [0.2, 0.25) is 0 Å². The Hall–Kier alpha value is -7.30. The Kier molecular flexibility index (Phi) is 6.82. The molecule has 0 saturated heterocycles. The first-order valence-electron chi connectivity index (χ1n) is 18.3. The van der Waals surface area contributed by atoms with Crippen LogP contribution in [0.1, 0.15) is 0 Å². The molecule has 4 nitrogen and oxygen atoms in total. The van der Waals surface area contributed by atoms with Crippen LogP contribution in [0.3, 0.4) is 0 Å². The van der Waals surface area contributed by atoms with Crippen molar-refractivity contribution in [2.24, 2.45) is 0 Å². The van der Waals surface area contributed by atoms with E-state index in [1.54, 1.807) is 0 Å². The van der Waals surface area contributed by atoms with Crippen LogP contribution < -0.4 is 0 Å². The van der Waals surface area contributed by atoms with Crippen molar-refractivity contribution < 1.29 is 0 Å². The first-order chi connectivity index (χ1) is 26.8. The molecule has 0 aliphatic rings. The van der Waals surface area contributed by atoms with Crippen molar-refractivity contribution in [3.05, 3.63) is 194 Å². The molecule has 0 atom stereocenters. The van der Waals surface area contributed by atoms with E-state index < -0.39 is 0 Å². The van der Waals surface area contributed by atoms with Gasteiger partial charge in [0.05, 0.1) is 33.3 Å². The van der Waals surface area contributed by atoms with Crippen molar-refractivity contribution in [2.75, 3.05) is 0 Å². The summed E-state index contributed by atoms with van der Waals surface area (Å²) < 4.78 is 4.79. The minimum atomic E-state index is 0.715. The van der Waals surface area contributed by atoms with Gasteiger partial charge in [0.25, 0.3) is 0 Å². The smallest absolute Gasteiger partial charge is 0.160 e. The molecular formula is C50H32N4. The maximum absolute atomic E-state index is 5.21. The molecule has 0 aliphatic heterocycles. The summed E-state index contributed by atoms with van der Waals surface area (Å²) in [6.07, 6.45) is 0. The molecule has 0 unspecified atom stereocenters. The van der Waals surface area contributed by atoms with Crippen LogP contribution in [-0.4, -0.2) is 19.1 Å². The predicted octanol–water partition coefficient (Wildman–Crippen LogP) is 12.8. The molecule has 3 aromatic heterocycles. The third-order valence-corrected chi connectivity index (χ3v) is 10.7. The first-order valence-corrected chi connectivity index (χ1v) is 18.3. The zero-order valence-corrected chi connectivity index (χ0v) is 29.3. The van der Waals surface area contributed by atoms with Crippen molar-refractivity contribution in [3.63, 3.8) is 0 Å². The Bertz CT molecular complexity index is 3170. The highest BCUT2D eigenvalue weighted by Gasteiger charge is 2.19. The Morgan fingerprint density at radius 3 is 1.43 bits per heavy atom. The number of rotatable bonds is 5. The second-order valence-corrected chi connectivity index (χ2v) is 13.8. The summed E-state index contributed by atoms with van der Waals surface area (Å²) in [6, 6.07) is 69.0. The lowest BCUT2D eigenvalue weighted by atomic mass is 10.0. The summed E-state index contributed by atoms with van der Waals surface area (Å²) in [4.78, 5) is 10.2. The summed E-state index contributed by atoms with van der Waals surface area (Å²) in [6.45, 7) is 0. The van der Waals surface area contributed by atoms with E-state index >= 15 is 0 Å². The molecule has 11 aromatic rings. The maximum atomic E-state index is 5.21. The molecule has 8 aromatic carbocycles. The second-order valence-electron chi connectivity index (χ2n) is 13.8. The van der Waals surface area contributed by atoms with E-state index in [1.165, 1.54) is 54.7 Å². The highest BCUT2D eigenvalue weighted by Crippen LogP contribution is 2.40. The lowest BCUT2D eigenvalue weighted by molar-refractivity contribution is 1.16. The second kappa shape index (κ2) is 12.1. The molecule has 11 rings (SSSR count). The maximum Gasteiger partial charge on any atom is 0.160 e. The molecule has 0 bridgehead atoms. The van der Waals surface area contributed by atoms with Crippen LogP contribution in [-0.2, 0) is 0 Å². The molecule has 0 spiro atoms. The minimum Gasteiger partial charge on any atom is -0.309 e. The Morgan fingerprint density at radius 2 is 0.778 bits per heavy atom. The summed E-state index contributed by atoms with van der Waals surface area (Å²) in [5.74, 6) is 0.715. The lowest BCUT2D eigenvalue weighted by Crippen LogP contribution is -1.97. The zero-order valence-electron chi connectivity index (χ0n) is 29.3. The number of hydrogen-bond donors (Lipinski definition) is 0.